The molecule has 0 fully saturated rings. The van der Waals surface area contributed by atoms with Crippen molar-refractivity contribution in [1.29, 1.82) is 0 Å². The normalized spacial score (nSPS) is 12.4. The second-order valence-corrected chi connectivity index (χ2v) is 8.87. The first-order valence-electron chi connectivity index (χ1n) is 9.88. The largest absolute Gasteiger partial charge is 0.484 e. The minimum absolute atomic E-state index is 0.0320. The monoisotopic (exact) mass is 418 g/mol. The number of carbonyl (C=O) groups is 1. The zero-order valence-corrected chi connectivity index (χ0v) is 18.1. The lowest BCUT2D eigenvalue weighted by Gasteiger charge is -2.15. The molecule has 1 amide bonds. The average molecular weight is 419 g/mol. The molecule has 158 valence electrons. The van der Waals surface area contributed by atoms with E-state index >= 15 is 0 Å². The van der Waals surface area contributed by atoms with Crippen molar-refractivity contribution in [2.75, 3.05) is 13.2 Å². The van der Waals surface area contributed by atoms with Gasteiger partial charge in [0.05, 0.1) is 4.90 Å². The molecule has 0 saturated carbocycles. The van der Waals surface area contributed by atoms with Gasteiger partial charge in [-0.15, -0.1) is 0 Å². The summed E-state index contributed by atoms with van der Waals surface area (Å²) >= 11 is 0. The summed E-state index contributed by atoms with van der Waals surface area (Å²) in [5, 5.41) is 2.93. The van der Waals surface area contributed by atoms with Gasteiger partial charge >= 0.3 is 0 Å². The SMILES string of the molecule is CCCNS(=O)(=O)c1ccc(OCC(=O)N[C@H](C)CCc2ccccc2)c(C)c1. The maximum absolute atomic E-state index is 12.2. The van der Waals surface area contributed by atoms with Gasteiger partial charge < -0.3 is 10.1 Å². The van der Waals surface area contributed by atoms with Crippen molar-refractivity contribution in [2.24, 2.45) is 0 Å². The van der Waals surface area contributed by atoms with Gasteiger partial charge in [0, 0.05) is 12.6 Å². The molecule has 7 heteroatoms. The van der Waals surface area contributed by atoms with Crippen LogP contribution in [-0.2, 0) is 21.2 Å². The Hall–Kier alpha value is -2.38. The summed E-state index contributed by atoms with van der Waals surface area (Å²) in [5.41, 5.74) is 1.90. The van der Waals surface area contributed by atoms with Gasteiger partial charge in [-0.25, -0.2) is 13.1 Å². The summed E-state index contributed by atoms with van der Waals surface area (Å²) in [6.45, 7) is 5.90. The molecule has 0 aromatic heterocycles. The summed E-state index contributed by atoms with van der Waals surface area (Å²) in [6.07, 6.45) is 2.45. The Morgan fingerprint density at radius 3 is 2.52 bits per heavy atom. The third kappa shape index (κ3) is 7.51. The van der Waals surface area contributed by atoms with E-state index in [1.807, 2.05) is 32.0 Å². The van der Waals surface area contributed by atoms with E-state index in [9.17, 15) is 13.2 Å². The fraction of sp³-hybridized carbons (Fsp3) is 0.409. The fourth-order valence-corrected chi connectivity index (χ4v) is 4.05. The highest BCUT2D eigenvalue weighted by atomic mass is 32.2. The van der Waals surface area contributed by atoms with Gasteiger partial charge in [0.25, 0.3) is 5.91 Å². The molecule has 0 bridgehead atoms. The molecule has 0 aliphatic rings. The lowest BCUT2D eigenvalue weighted by atomic mass is 10.1. The zero-order valence-electron chi connectivity index (χ0n) is 17.3. The lowest BCUT2D eigenvalue weighted by molar-refractivity contribution is -0.123. The van der Waals surface area contributed by atoms with Crippen molar-refractivity contribution in [3.05, 3.63) is 59.7 Å². The first-order valence-corrected chi connectivity index (χ1v) is 11.4. The van der Waals surface area contributed by atoms with E-state index in [4.69, 9.17) is 4.74 Å². The molecule has 0 aliphatic heterocycles. The summed E-state index contributed by atoms with van der Waals surface area (Å²) in [4.78, 5) is 12.3. The van der Waals surface area contributed by atoms with E-state index in [0.717, 1.165) is 19.3 Å². The number of hydrogen-bond acceptors (Lipinski definition) is 4. The Kier molecular flexibility index (Phi) is 8.67. The van der Waals surface area contributed by atoms with Crippen LogP contribution in [0.5, 0.6) is 5.75 Å². The molecule has 1 atom stereocenters. The second kappa shape index (κ2) is 11.0. The molecular formula is C22H30N2O4S. The molecule has 2 N–H and O–H groups in total. The van der Waals surface area contributed by atoms with Crippen molar-refractivity contribution in [3.63, 3.8) is 0 Å². The minimum Gasteiger partial charge on any atom is -0.484 e. The lowest BCUT2D eigenvalue weighted by Crippen LogP contribution is -2.36. The van der Waals surface area contributed by atoms with E-state index in [1.54, 1.807) is 19.1 Å². The van der Waals surface area contributed by atoms with Gasteiger partial charge in [-0.05, 0) is 62.4 Å². The number of aryl methyl sites for hydroxylation is 2. The Labute approximate surface area is 173 Å². The molecule has 29 heavy (non-hydrogen) atoms. The molecule has 0 aliphatic carbocycles. The molecular weight excluding hydrogens is 388 g/mol. The molecule has 6 nitrogen and oxygen atoms in total. The topological polar surface area (TPSA) is 84.5 Å². The minimum atomic E-state index is -3.52. The molecule has 0 spiro atoms. The zero-order chi connectivity index (χ0) is 21.3. The van der Waals surface area contributed by atoms with Crippen molar-refractivity contribution >= 4 is 15.9 Å². The van der Waals surface area contributed by atoms with E-state index in [0.29, 0.717) is 17.9 Å². The fourth-order valence-electron chi connectivity index (χ4n) is 2.83. The number of amides is 1. The van der Waals surface area contributed by atoms with Crippen LogP contribution in [-0.4, -0.2) is 33.5 Å². The van der Waals surface area contributed by atoms with Crippen molar-refractivity contribution in [2.45, 2.75) is 51.0 Å². The second-order valence-electron chi connectivity index (χ2n) is 7.11. The third-order valence-electron chi connectivity index (χ3n) is 4.47. The number of ether oxygens (including phenoxy) is 1. The molecule has 2 rings (SSSR count). The van der Waals surface area contributed by atoms with Crippen LogP contribution < -0.4 is 14.8 Å². The highest BCUT2D eigenvalue weighted by Gasteiger charge is 2.15. The van der Waals surface area contributed by atoms with E-state index in [1.165, 1.54) is 11.6 Å². The van der Waals surface area contributed by atoms with Gasteiger partial charge in [-0.2, -0.15) is 0 Å². The predicted octanol–water partition coefficient (Wildman–Crippen LogP) is 3.20. The Bertz CT molecular complexity index is 898. The van der Waals surface area contributed by atoms with Crippen LogP contribution in [0.15, 0.2) is 53.4 Å². The number of carbonyl (C=O) groups excluding carboxylic acids is 1. The number of hydrogen-bond donors (Lipinski definition) is 2. The first-order chi connectivity index (χ1) is 13.8. The van der Waals surface area contributed by atoms with Crippen LogP contribution >= 0.6 is 0 Å². The Morgan fingerprint density at radius 2 is 1.86 bits per heavy atom. The van der Waals surface area contributed by atoms with Gasteiger partial charge in [0.2, 0.25) is 10.0 Å². The Morgan fingerprint density at radius 1 is 1.14 bits per heavy atom. The highest BCUT2D eigenvalue weighted by Crippen LogP contribution is 2.21. The average Bonchev–Trinajstić information content (AvgIpc) is 2.70. The number of nitrogens with one attached hydrogen (secondary N) is 2. The predicted molar refractivity (Wildman–Crippen MR) is 115 cm³/mol. The van der Waals surface area contributed by atoms with Crippen LogP contribution in [0.25, 0.3) is 0 Å². The van der Waals surface area contributed by atoms with E-state index in [2.05, 4.69) is 22.2 Å². The smallest absolute Gasteiger partial charge is 0.258 e. The van der Waals surface area contributed by atoms with Crippen LogP contribution in [0.4, 0.5) is 0 Å². The van der Waals surface area contributed by atoms with Crippen LogP contribution in [0, 0.1) is 6.92 Å². The van der Waals surface area contributed by atoms with Gasteiger partial charge in [0.15, 0.2) is 6.61 Å². The number of sulfonamides is 1. The molecule has 2 aromatic rings. The summed E-state index contributed by atoms with van der Waals surface area (Å²) < 4.78 is 32.5. The maximum Gasteiger partial charge on any atom is 0.258 e. The molecule has 2 aromatic carbocycles. The van der Waals surface area contributed by atoms with Gasteiger partial charge in [-0.1, -0.05) is 37.3 Å². The third-order valence-corrected chi connectivity index (χ3v) is 5.93. The van der Waals surface area contributed by atoms with Crippen LogP contribution in [0.1, 0.15) is 37.8 Å². The first kappa shape index (κ1) is 22.9. The van der Waals surface area contributed by atoms with E-state index < -0.39 is 10.0 Å². The van der Waals surface area contributed by atoms with Gasteiger partial charge in [-0.3, -0.25) is 4.79 Å². The van der Waals surface area contributed by atoms with Gasteiger partial charge in [0.1, 0.15) is 5.75 Å². The van der Waals surface area contributed by atoms with E-state index in [-0.39, 0.29) is 23.5 Å². The van der Waals surface area contributed by atoms with Crippen molar-refractivity contribution in [3.8, 4) is 5.75 Å². The van der Waals surface area contributed by atoms with Crippen LogP contribution in [0.3, 0.4) is 0 Å². The summed E-state index contributed by atoms with van der Waals surface area (Å²) in [6, 6.07) is 14.8. The number of benzene rings is 2. The van der Waals surface area contributed by atoms with Crippen LogP contribution in [0.2, 0.25) is 0 Å². The molecule has 0 saturated heterocycles. The molecule has 0 unspecified atom stereocenters. The van der Waals surface area contributed by atoms with Crippen molar-refractivity contribution < 1.29 is 17.9 Å². The quantitative estimate of drug-likeness (QED) is 0.587. The maximum atomic E-state index is 12.2. The number of rotatable bonds is 11. The standard InChI is InChI=1S/C22H30N2O4S/c1-4-14-23-29(26,27)20-12-13-21(17(2)15-20)28-16-22(25)24-18(3)10-11-19-8-6-5-7-9-19/h5-9,12-13,15,18,23H,4,10-11,14,16H2,1-3H3,(H,24,25)/t18-/m1/s1. The molecule has 0 heterocycles. The summed E-state index contributed by atoms with van der Waals surface area (Å²) in [5.74, 6) is 0.290. The molecule has 0 radical (unpaired) electrons. The highest BCUT2D eigenvalue weighted by molar-refractivity contribution is 7.89. The van der Waals surface area contributed by atoms with Crippen molar-refractivity contribution in [1.82, 2.24) is 10.0 Å². The summed E-state index contributed by atoms with van der Waals surface area (Å²) in [7, 11) is -3.52. The Balaban J connectivity index is 1.83.